The van der Waals surface area contributed by atoms with E-state index >= 15 is 0 Å². The van der Waals surface area contributed by atoms with Crippen LogP contribution in [0.2, 0.25) is 0 Å². The summed E-state index contributed by atoms with van der Waals surface area (Å²) in [6.45, 7) is 0.539. The van der Waals surface area contributed by atoms with Gasteiger partial charge >= 0.3 is 0 Å². The predicted molar refractivity (Wildman–Crippen MR) is 89.7 cm³/mol. The van der Waals surface area contributed by atoms with Gasteiger partial charge in [-0.3, -0.25) is 9.97 Å². The Morgan fingerprint density at radius 1 is 1.22 bits per heavy atom. The lowest BCUT2D eigenvalue weighted by atomic mass is 10.1. The van der Waals surface area contributed by atoms with Crippen molar-refractivity contribution in [1.82, 2.24) is 14.3 Å². The highest BCUT2D eigenvalue weighted by atomic mass is 32.2. The number of aromatic nitrogens is 2. The lowest BCUT2D eigenvalue weighted by Gasteiger charge is -2.24. The third kappa shape index (κ3) is 2.54. The number of sulfonamides is 1. The molecule has 5 nitrogen and oxygen atoms in total. The highest BCUT2D eigenvalue weighted by Crippen LogP contribution is 2.36. The Morgan fingerprint density at radius 2 is 2.04 bits per heavy atom. The standard InChI is InChI=1S/C16H15N3O2S2/c20-23(21,13-10-16-14(18-11-13)5-9-22-16)19-8-1-2-15(19)12-3-6-17-7-4-12/h3-7,9-11,15H,1-2,8H2/t15-/m0/s1. The van der Waals surface area contributed by atoms with Crippen molar-refractivity contribution in [3.8, 4) is 0 Å². The Bertz CT molecular complexity index is 938. The normalized spacial score (nSPS) is 19.4. The van der Waals surface area contributed by atoms with Gasteiger partial charge < -0.3 is 0 Å². The van der Waals surface area contributed by atoms with Crippen LogP contribution in [-0.4, -0.2) is 29.2 Å². The van der Waals surface area contributed by atoms with Crippen molar-refractivity contribution in [3.05, 3.63) is 53.8 Å². The number of fused-ring (bicyclic) bond motifs is 1. The first kappa shape index (κ1) is 14.7. The number of pyridine rings is 2. The van der Waals surface area contributed by atoms with E-state index in [1.54, 1.807) is 22.8 Å². The molecule has 1 fully saturated rings. The SMILES string of the molecule is O=S(=O)(c1cnc2ccsc2c1)N1CCC[C@H]1c1ccncc1. The van der Waals surface area contributed by atoms with Gasteiger partial charge in [0.05, 0.1) is 16.3 Å². The molecule has 3 aromatic heterocycles. The molecule has 0 aliphatic carbocycles. The summed E-state index contributed by atoms with van der Waals surface area (Å²) in [5.74, 6) is 0. The van der Waals surface area contributed by atoms with Crippen LogP contribution in [0.5, 0.6) is 0 Å². The predicted octanol–water partition coefficient (Wildman–Crippen LogP) is 3.22. The Balaban J connectivity index is 1.75. The molecule has 23 heavy (non-hydrogen) atoms. The molecule has 0 aromatic carbocycles. The summed E-state index contributed by atoms with van der Waals surface area (Å²) in [4.78, 5) is 8.56. The molecular formula is C16H15N3O2S2. The smallest absolute Gasteiger partial charge is 0.245 e. The van der Waals surface area contributed by atoms with Crippen LogP contribution in [0.15, 0.2) is 53.1 Å². The van der Waals surface area contributed by atoms with Crippen LogP contribution in [0.4, 0.5) is 0 Å². The van der Waals surface area contributed by atoms with Crippen LogP contribution in [0.25, 0.3) is 10.2 Å². The zero-order valence-corrected chi connectivity index (χ0v) is 13.9. The van der Waals surface area contributed by atoms with Gasteiger partial charge in [-0.05, 0) is 48.1 Å². The molecule has 7 heteroatoms. The second kappa shape index (κ2) is 5.67. The van der Waals surface area contributed by atoms with Gasteiger partial charge in [-0.25, -0.2) is 8.42 Å². The van der Waals surface area contributed by atoms with E-state index in [1.807, 2.05) is 23.6 Å². The fraction of sp³-hybridized carbons (Fsp3) is 0.250. The third-order valence-corrected chi connectivity index (χ3v) is 6.91. The van der Waals surface area contributed by atoms with Gasteiger partial charge in [0, 0.05) is 25.1 Å². The molecule has 0 unspecified atom stereocenters. The van der Waals surface area contributed by atoms with E-state index < -0.39 is 10.0 Å². The number of hydrogen-bond donors (Lipinski definition) is 0. The van der Waals surface area contributed by atoms with Gasteiger partial charge in [-0.1, -0.05) is 0 Å². The maximum Gasteiger partial charge on any atom is 0.245 e. The van der Waals surface area contributed by atoms with E-state index in [0.717, 1.165) is 28.6 Å². The van der Waals surface area contributed by atoms with Crippen molar-refractivity contribution in [2.45, 2.75) is 23.8 Å². The van der Waals surface area contributed by atoms with E-state index in [9.17, 15) is 8.42 Å². The molecule has 1 aliphatic rings. The molecule has 0 radical (unpaired) electrons. The molecule has 1 atom stereocenters. The topological polar surface area (TPSA) is 63.2 Å². The molecule has 0 bridgehead atoms. The van der Waals surface area contributed by atoms with Crippen LogP contribution in [0, 0.1) is 0 Å². The van der Waals surface area contributed by atoms with Crippen LogP contribution in [0.3, 0.4) is 0 Å². The first-order valence-electron chi connectivity index (χ1n) is 7.41. The number of hydrogen-bond acceptors (Lipinski definition) is 5. The lowest BCUT2D eigenvalue weighted by Crippen LogP contribution is -2.30. The quantitative estimate of drug-likeness (QED) is 0.731. The number of thiophene rings is 1. The van der Waals surface area contributed by atoms with E-state index in [0.29, 0.717) is 6.54 Å². The van der Waals surface area contributed by atoms with E-state index in [1.165, 1.54) is 17.5 Å². The fourth-order valence-corrected chi connectivity index (χ4v) is 5.56. The third-order valence-electron chi connectivity index (χ3n) is 4.18. The van der Waals surface area contributed by atoms with Gasteiger partial charge in [0.25, 0.3) is 0 Å². The summed E-state index contributed by atoms with van der Waals surface area (Å²) in [7, 11) is -3.55. The Morgan fingerprint density at radius 3 is 2.87 bits per heavy atom. The monoisotopic (exact) mass is 345 g/mol. The number of nitrogens with zero attached hydrogens (tertiary/aromatic N) is 3. The second-order valence-corrected chi connectivity index (χ2v) is 8.37. The van der Waals surface area contributed by atoms with Crippen molar-refractivity contribution in [3.63, 3.8) is 0 Å². The number of rotatable bonds is 3. The minimum absolute atomic E-state index is 0.123. The maximum atomic E-state index is 13.1. The second-order valence-electron chi connectivity index (χ2n) is 5.53. The largest absolute Gasteiger partial charge is 0.265 e. The molecule has 3 aromatic rings. The molecule has 4 heterocycles. The lowest BCUT2D eigenvalue weighted by molar-refractivity contribution is 0.396. The molecule has 0 spiro atoms. The molecule has 4 rings (SSSR count). The summed E-state index contributed by atoms with van der Waals surface area (Å²) in [5.41, 5.74) is 1.83. The zero-order chi connectivity index (χ0) is 15.9. The minimum atomic E-state index is -3.55. The first-order valence-corrected chi connectivity index (χ1v) is 9.73. The van der Waals surface area contributed by atoms with Gasteiger partial charge in [0.15, 0.2) is 0 Å². The molecule has 1 aliphatic heterocycles. The summed E-state index contributed by atoms with van der Waals surface area (Å²) < 4.78 is 28.6. The molecule has 1 saturated heterocycles. The van der Waals surface area contributed by atoms with Crippen molar-refractivity contribution in [1.29, 1.82) is 0 Å². The van der Waals surface area contributed by atoms with Crippen LogP contribution in [0.1, 0.15) is 24.4 Å². The zero-order valence-electron chi connectivity index (χ0n) is 12.3. The Labute approximate surface area is 138 Å². The first-order chi connectivity index (χ1) is 11.2. The summed E-state index contributed by atoms with van der Waals surface area (Å²) >= 11 is 1.50. The average Bonchev–Trinajstić information content (AvgIpc) is 3.24. The molecule has 0 amide bonds. The summed E-state index contributed by atoms with van der Waals surface area (Å²) in [5, 5.41) is 1.92. The molecule has 118 valence electrons. The van der Waals surface area contributed by atoms with E-state index in [4.69, 9.17) is 0 Å². The van der Waals surface area contributed by atoms with Crippen molar-refractivity contribution in [2.24, 2.45) is 0 Å². The van der Waals surface area contributed by atoms with Gasteiger partial charge in [-0.15, -0.1) is 11.3 Å². The van der Waals surface area contributed by atoms with Gasteiger partial charge in [0.2, 0.25) is 10.0 Å². The molecule has 0 saturated carbocycles. The summed E-state index contributed by atoms with van der Waals surface area (Å²) in [6.07, 6.45) is 6.57. The average molecular weight is 345 g/mol. The van der Waals surface area contributed by atoms with Crippen molar-refractivity contribution in [2.75, 3.05) is 6.54 Å². The highest BCUT2D eigenvalue weighted by Gasteiger charge is 2.36. The Hall–Kier alpha value is -1.83. The van der Waals surface area contributed by atoms with Crippen LogP contribution >= 0.6 is 11.3 Å². The van der Waals surface area contributed by atoms with Crippen LogP contribution in [-0.2, 0) is 10.0 Å². The van der Waals surface area contributed by atoms with Crippen molar-refractivity contribution >= 4 is 31.6 Å². The van der Waals surface area contributed by atoms with E-state index in [2.05, 4.69) is 9.97 Å². The fourth-order valence-electron chi connectivity index (χ4n) is 3.05. The Kier molecular flexibility index (Phi) is 3.63. The van der Waals surface area contributed by atoms with Gasteiger partial charge in [-0.2, -0.15) is 4.31 Å². The van der Waals surface area contributed by atoms with Crippen LogP contribution < -0.4 is 0 Å². The minimum Gasteiger partial charge on any atom is -0.265 e. The van der Waals surface area contributed by atoms with Gasteiger partial charge in [0.1, 0.15) is 4.90 Å². The molecular weight excluding hydrogens is 330 g/mol. The highest BCUT2D eigenvalue weighted by molar-refractivity contribution is 7.89. The summed E-state index contributed by atoms with van der Waals surface area (Å²) in [6, 6.07) is 7.27. The maximum absolute atomic E-state index is 13.1. The van der Waals surface area contributed by atoms with Crippen molar-refractivity contribution < 1.29 is 8.42 Å². The van der Waals surface area contributed by atoms with E-state index in [-0.39, 0.29) is 10.9 Å². The molecule has 0 N–H and O–H groups in total.